The van der Waals surface area contributed by atoms with Crippen molar-refractivity contribution in [3.63, 3.8) is 0 Å². The van der Waals surface area contributed by atoms with Crippen LogP contribution in [0.2, 0.25) is 5.02 Å². The number of carboxylic acids is 1. The van der Waals surface area contributed by atoms with Gasteiger partial charge in [0.25, 0.3) is 0 Å². The van der Waals surface area contributed by atoms with Gasteiger partial charge in [-0.1, -0.05) is 23.7 Å². The van der Waals surface area contributed by atoms with E-state index in [4.69, 9.17) is 26.2 Å². The van der Waals surface area contributed by atoms with E-state index in [0.717, 1.165) is 0 Å². The lowest BCUT2D eigenvalue weighted by Crippen LogP contribution is -2.41. The van der Waals surface area contributed by atoms with E-state index in [-0.39, 0.29) is 25.4 Å². The molecular formula is C15H20ClNO5. The summed E-state index contributed by atoms with van der Waals surface area (Å²) < 4.78 is 10.3. The molecule has 122 valence electrons. The maximum absolute atomic E-state index is 11.7. The molecule has 0 fully saturated rings. The van der Waals surface area contributed by atoms with Crippen LogP contribution in [0.4, 0.5) is 0 Å². The minimum absolute atomic E-state index is 0.182. The van der Waals surface area contributed by atoms with Crippen LogP contribution in [0.15, 0.2) is 24.3 Å². The standard InChI is InChI=1S/C15H20ClNO5/c1-21-10-8-12(15(19)20)17-14(18)7-4-9-22-13-6-3-2-5-11(13)16/h2-3,5-6,12H,4,7-10H2,1H3,(H,17,18)(H,19,20). The zero-order chi connectivity index (χ0) is 16.4. The van der Waals surface area contributed by atoms with Gasteiger partial charge in [0.2, 0.25) is 5.91 Å². The van der Waals surface area contributed by atoms with Gasteiger partial charge in [0.1, 0.15) is 11.8 Å². The average Bonchev–Trinajstić information content (AvgIpc) is 2.49. The van der Waals surface area contributed by atoms with Gasteiger partial charge < -0.3 is 19.9 Å². The lowest BCUT2D eigenvalue weighted by molar-refractivity contribution is -0.142. The zero-order valence-corrected chi connectivity index (χ0v) is 13.1. The summed E-state index contributed by atoms with van der Waals surface area (Å²) in [5.74, 6) is -0.836. The van der Waals surface area contributed by atoms with Gasteiger partial charge in [-0.3, -0.25) is 4.79 Å². The summed E-state index contributed by atoms with van der Waals surface area (Å²) in [7, 11) is 1.48. The predicted octanol–water partition coefficient (Wildman–Crippen LogP) is 2.10. The van der Waals surface area contributed by atoms with Gasteiger partial charge in [0.05, 0.1) is 11.6 Å². The first-order valence-corrected chi connectivity index (χ1v) is 7.31. The van der Waals surface area contributed by atoms with Crippen molar-refractivity contribution in [1.82, 2.24) is 5.32 Å². The molecule has 0 saturated heterocycles. The highest BCUT2D eigenvalue weighted by molar-refractivity contribution is 6.32. The third kappa shape index (κ3) is 6.78. The molecule has 2 N–H and O–H groups in total. The Balaban J connectivity index is 2.27. The van der Waals surface area contributed by atoms with E-state index in [1.54, 1.807) is 24.3 Å². The summed E-state index contributed by atoms with van der Waals surface area (Å²) >= 11 is 5.94. The SMILES string of the molecule is COCCC(NC(=O)CCCOc1ccccc1Cl)C(=O)O. The van der Waals surface area contributed by atoms with E-state index in [0.29, 0.717) is 23.8 Å². The molecule has 6 nitrogen and oxygen atoms in total. The Hall–Kier alpha value is -1.79. The maximum Gasteiger partial charge on any atom is 0.326 e. The van der Waals surface area contributed by atoms with E-state index >= 15 is 0 Å². The van der Waals surface area contributed by atoms with E-state index < -0.39 is 12.0 Å². The second kappa shape index (κ2) is 10.0. The number of carboxylic acid groups (broad SMARTS) is 1. The molecule has 22 heavy (non-hydrogen) atoms. The number of aliphatic carboxylic acids is 1. The van der Waals surface area contributed by atoms with Crippen LogP contribution in [-0.4, -0.2) is 43.3 Å². The zero-order valence-electron chi connectivity index (χ0n) is 12.4. The molecule has 0 saturated carbocycles. The topological polar surface area (TPSA) is 84.9 Å². The number of methoxy groups -OCH3 is 1. The van der Waals surface area contributed by atoms with Crippen molar-refractivity contribution in [2.24, 2.45) is 0 Å². The fraction of sp³-hybridized carbons (Fsp3) is 0.467. The fourth-order valence-electron chi connectivity index (χ4n) is 1.74. The molecule has 0 aliphatic rings. The Bertz CT molecular complexity index is 495. The van der Waals surface area contributed by atoms with Gasteiger partial charge in [-0.05, 0) is 18.6 Å². The first kappa shape index (κ1) is 18.3. The quantitative estimate of drug-likeness (QED) is 0.642. The number of benzene rings is 1. The highest BCUT2D eigenvalue weighted by atomic mass is 35.5. The minimum Gasteiger partial charge on any atom is -0.492 e. The molecule has 1 aromatic rings. The van der Waals surface area contributed by atoms with E-state index in [2.05, 4.69) is 5.32 Å². The van der Waals surface area contributed by atoms with Crippen molar-refractivity contribution < 1.29 is 24.2 Å². The Morgan fingerprint density at radius 2 is 2.05 bits per heavy atom. The molecule has 1 aromatic carbocycles. The molecular weight excluding hydrogens is 310 g/mol. The van der Waals surface area contributed by atoms with Crippen LogP contribution in [0.25, 0.3) is 0 Å². The van der Waals surface area contributed by atoms with Crippen LogP contribution in [-0.2, 0) is 14.3 Å². The number of amides is 1. The van der Waals surface area contributed by atoms with Gasteiger partial charge in [0.15, 0.2) is 0 Å². The number of nitrogens with one attached hydrogen (secondary N) is 1. The van der Waals surface area contributed by atoms with Gasteiger partial charge in [-0.25, -0.2) is 4.79 Å². The Morgan fingerprint density at radius 1 is 1.32 bits per heavy atom. The molecule has 1 atom stereocenters. The molecule has 1 unspecified atom stereocenters. The van der Waals surface area contributed by atoms with Gasteiger partial charge in [-0.15, -0.1) is 0 Å². The molecule has 0 bridgehead atoms. The number of ether oxygens (including phenoxy) is 2. The minimum atomic E-state index is -1.07. The molecule has 0 aliphatic carbocycles. The van der Waals surface area contributed by atoms with Gasteiger partial charge >= 0.3 is 5.97 Å². The number of para-hydroxylation sites is 1. The van der Waals surface area contributed by atoms with E-state index in [1.165, 1.54) is 7.11 Å². The third-order valence-corrected chi connectivity index (χ3v) is 3.20. The van der Waals surface area contributed by atoms with Crippen LogP contribution in [0.3, 0.4) is 0 Å². The summed E-state index contributed by atoms with van der Waals surface area (Å²) in [5, 5.41) is 12.0. The normalized spacial score (nSPS) is 11.7. The number of carbonyl (C=O) groups excluding carboxylic acids is 1. The second-order valence-corrected chi connectivity index (χ2v) is 5.03. The number of hydrogen-bond donors (Lipinski definition) is 2. The molecule has 7 heteroatoms. The molecule has 0 spiro atoms. The summed E-state index contributed by atoms with van der Waals surface area (Å²) in [6.45, 7) is 0.597. The van der Waals surface area contributed by atoms with Crippen molar-refractivity contribution >= 4 is 23.5 Å². The number of rotatable bonds is 10. The Morgan fingerprint density at radius 3 is 2.68 bits per heavy atom. The van der Waals surface area contributed by atoms with Gasteiger partial charge in [-0.2, -0.15) is 0 Å². The van der Waals surface area contributed by atoms with Crippen LogP contribution >= 0.6 is 11.6 Å². The fourth-order valence-corrected chi connectivity index (χ4v) is 1.93. The summed E-state index contributed by atoms with van der Waals surface area (Å²) in [5.41, 5.74) is 0. The van der Waals surface area contributed by atoms with Crippen LogP contribution in [0.5, 0.6) is 5.75 Å². The van der Waals surface area contributed by atoms with Crippen molar-refractivity contribution in [3.8, 4) is 5.75 Å². The molecule has 0 aromatic heterocycles. The Labute approximate surface area is 134 Å². The first-order chi connectivity index (χ1) is 10.5. The monoisotopic (exact) mass is 329 g/mol. The van der Waals surface area contributed by atoms with Crippen molar-refractivity contribution in [2.75, 3.05) is 20.3 Å². The lowest BCUT2D eigenvalue weighted by Gasteiger charge is -2.14. The molecule has 0 radical (unpaired) electrons. The first-order valence-electron chi connectivity index (χ1n) is 6.93. The van der Waals surface area contributed by atoms with Crippen molar-refractivity contribution in [2.45, 2.75) is 25.3 Å². The summed E-state index contributed by atoms with van der Waals surface area (Å²) in [6.07, 6.45) is 0.878. The molecule has 0 aliphatic heterocycles. The maximum atomic E-state index is 11.7. The molecule has 1 amide bonds. The van der Waals surface area contributed by atoms with Crippen molar-refractivity contribution in [1.29, 1.82) is 0 Å². The molecule has 1 rings (SSSR count). The van der Waals surface area contributed by atoms with Crippen LogP contribution in [0, 0.1) is 0 Å². The Kier molecular flexibility index (Phi) is 8.32. The average molecular weight is 330 g/mol. The number of carbonyl (C=O) groups is 2. The lowest BCUT2D eigenvalue weighted by atomic mass is 10.2. The third-order valence-electron chi connectivity index (χ3n) is 2.89. The second-order valence-electron chi connectivity index (χ2n) is 4.62. The van der Waals surface area contributed by atoms with E-state index in [9.17, 15) is 9.59 Å². The molecule has 0 heterocycles. The summed E-state index contributed by atoms with van der Waals surface area (Å²) in [6, 6.07) is 6.14. The van der Waals surface area contributed by atoms with Crippen LogP contribution < -0.4 is 10.1 Å². The highest BCUT2D eigenvalue weighted by Crippen LogP contribution is 2.23. The smallest absolute Gasteiger partial charge is 0.326 e. The van der Waals surface area contributed by atoms with E-state index in [1.807, 2.05) is 0 Å². The largest absolute Gasteiger partial charge is 0.492 e. The summed E-state index contributed by atoms with van der Waals surface area (Å²) in [4.78, 5) is 22.7. The predicted molar refractivity (Wildman–Crippen MR) is 82.2 cm³/mol. The van der Waals surface area contributed by atoms with Gasteiger partial charge in [0, 0.05) is 26.6 Å². The number of hydrogen-bond acceptors (Lipinski definition) is 4. The number of halogens is 1. The van der Waals surface area contributed by atoms with Crippen molar-refractivity contribution in [3.05, 3.63) is 29.3 Å². The van der Waals surface area contributed by atoms with Crippen LogP contribution in [0.1, 0.15) is 19.3 Å². The highest BCUT2D eigenvalue weighted by Gasteiger charge is 2.19.